The van der Waals surface area contributed by atoms with Crippen LogP contribution in [0.25, 0.3) is 11.0 Å². The molecule has 1 atom stereocenters. The minimum Gasteiger partial charge on any atom is -0.361 e. The normalized spacial score (nSPS) is 12.3. The number of fused-ring (bicyclic) bond motifs is 1. The van der Waals surface area contributed by atoms with E-state index in [2.05, 4.69) is 50.7 Å². The van der Waals surface area contributed by atoms with Crippen LogP contribution in [-0.4, -0.2) is 19.7 Å². The van der Waals surface area contributed by atoms with Crippen molar-refractivity contribution in [3.8, 4) is 0 Å². The summed E-state index contributed by atoms with van der Waals surface area (Å²) in [4.78, 5) is 7.78. The molecule has 4 aromatic rings. The Kier molecular flexibility index (Phi) is 3.52. The third-order valence-corrected chi connectivity index (χ3v) is 3.86. The van der Waals surface area contributed by atoms with Crippen molar-refractivity contribution in [2.75, 3.05) is 5.32 Å². The van der Waals surface area contributed by atoms with Crippen LogP contribution in [0.2, 0.25) is 0 Å². The lowest BCUT2D eigenvalue weighted by Gasteiger charge is -2.20. The zero-order valence-corrected chi connectivity index (χ0v) is 12.6. The highest BCUT2D eigenvalue weighted by molar-refractivity contribution is 5.77. The van der Waals surface area contributed by atoms with Crippen molar-refractivity contribution in [1.29, 1.82) is 0 Å². The van der Waals surface area contributed by atoms with E-state index in [1.807, 2.05) is 41.3 Å². The molecule has 0 aliphatic rings. The van der Waals surface area contributed by atoms with E-state index in [-0.39, 0.29) is 6.04 Å². The van der Waals surface area contributed by atoms with Gasteiger partial charge in [0, 0.05) is 24.0 Å². The van der Waals surface area contributed by atoms with Gasteiger partial charge in [-0.25, -0.2) is 4.98 Å². The fraction of sp³-hybridized carbons (Fsp3) is 0.111. The number of H-pyrrole nitrogens is 1. The van der Waals surface area contributed by atoms with Crippen LogP contribution >= 0.6 is 0 Å². The number of rotatable bonds is 5. The Morgan fingerprint density at radius 1 is 1.04 bits per heavy atom. The van der Waals surface area contributed by atoms with Crippen molar-refractivity contribution in [2.24, 2.45) is 0 Å². The Labute approximate surface area is 134 Å². The maximum atomic E-state index is 4.63. The van der Waals surface area contributed by atoms with Crippen molar-refractivity contribution in [3.63, 3.8) is 0 Å². The molecule has 0 amide bonds. The molecule has 0 aliphatic heterocycles. The average Bonchev–Trinajstić information content (AvgIpc) is 3.26. The number of nitrogens with zero attached hydrogens (tertiary/aromatic N) is 3. The van der Waals surface area contributed by atoms with Crippen LogP contribution in [0.15, 0.2) is 73.2 Å². The maximum absolute atomic E-state index is 4.63. The van der Waals surface area contributed by atoms with Crippen molar-refractivity contribution in [3.05, 3.63) is 78.8 Å². The van der Waals surface area contributed by atoms with Crippen molar-refractivity contribution in [1.82, 2.24) is 19.7 Å². The largest absolute Gasteiger partial charge is 0.361 e. The Bertz CT molecular complexity index is 880. The molecule has 5 nitrogen and oxygen atoms in total. The van der Waals surface area contributed by atoms with Crippen LogP contribution in [-0.2, 0) is 6.54 Å². The molecule has 0 fully saturated rings. The molecule has 3 aromatic heterocycles. The zero-order valence-electron chi connectivity index (χ0n) is 12.6. The average molecular weight is 303 g/mol. The molecule has 0 saturated heterocycles. The predicted molar refractivity (Wildman–Crippen MR) is 91.1 cm³/mol. The van der Waals surface area contributed by atoms with Gasteiger partial charge in [-0.05, 0) is 29.8 Å². The number of pyridine rings is 1. The van der Waals surface area contributed by atoms with Crippen LogP contribution in [0, 0.1) is 0 Å². The van der Waals surface area contributed by atoms with Crippen molar-refractivity contribution < 1.29 is 0 Å². The fourth-order valence-corrected chi connectivity index (χ4v) is 2.70. The number of hydrogen-bond acceptors (Lipinski definition) is 3. The fourth-order valence-electron chi connectivity index (χ4n) is 2.70. The number of benzene rings is 1. The molecule has 0 aliphatic carbocycles. The van der Waals surface area contributed by atoms with E-state index >= 15 is 0 Å². The third kappa shape index (κ3) is 2.94. The minimum atomic E-state index is 0.0935. The van der Waals surface area contributed by atoms with Gasteiger partial charge in [0.1, 0.15) is 11.5 Å². The first-order valence-electron chi connectivity index (χ1n) is 7.61. The van der Waals surface area contributed by atoms with Gasteiger partial charge in [-0.3, -0.25) is 4.68 Å². The van der Waals surface area contributed by atoms with Crippen molar-refractivity contribution >= 4 is 16.9 Å². The topological polar surface area (TPSA) is 58.5 Å². The lowest BCUT2D eigenvalue weighted by molar-refractivity contribution is 0.550. The zero-order chi connectivity index (χ0) is 15.5. The second kappa shape index (κ2) is 5.96. The van der Waals surface area contributed by atoms with E-state index < -0.39 is 0 Å². The lowest BCUT2D eigenvalue weighted by Crippen LogP contribution is -2.18. The van der Waals surface area contributed by atoms with E-state index in [9.17, 15) is 0 Å². The van der Waals surface area contributed by atoms with Gasteiger partial charge in [-0.15, -0.1) is 0 Å². The Balaban J connectivity index is 1.64. The number of aromatic amines is 1. The standard InChI is InChI=1S/C18H17N5/c1-2-5-14(6-3-1)16(13-23-12-4-10-20-23)21-17-8-7-15-9-11-19-18(15)22-17/h1-12,16H,13H2,(H2,19,21,22)/t16-/m0/s1. The summed E-state index contributed by atoms with van der Waals surface area (Å²) < 4.78 is 1.93. The first-order valence-corrected chi connectivity index (χ1v) is 7.61. The molecule has 114 valence electrons. The molecule has 3 heterocycles. The molecule has 0 spiro atoms. The maximum Gasteiger partial charge on any atom is 0.139 e. The predicted octanol–water partition coefficient (Wildman–Crippen LogP) is 3.61. The quantitative estimate of drug-likeness (QED) is 0.592. The van der Waals surface area contributed by atoms with E-state index in [0.29, 0.717) is 0 Å². The van der Waals surface area contributed by atoms with Crippen LogP contribution in [0.5, 0.6) is 0 Å². The van der Waals surface area contributed by atoms with Crippen LogP contribution in [0.4, 0.5) is 5.82 Å². The molecule has 5 heteroatoms. The summed E-state index contributed by atoms with van der Waals surface area (Å²) >= 11 is 0. The number of anilines is 1. The van der Waals surface area contributed by atoms with Gasteiger partial charge < -0.3 is 10.3 Å². The summed E-state index contributed by atoms with van der Waals surface area (Å²) in [5.74, 6) is 0.848. The lowest BCUT2D eigenvalue weighted by atomic mass is 10.1. The molecule has 23 heavy (non-hydrogen) atoms. The molecule has 0 saturated carbocycles. The number of aromatic nitrogens is 4. The summed E-state index contributed by atoms with van der Waals surface area (Å²) in [6.45, 7) is 0.738. The highest BCUT2D eigenvalue weighted by Crippen LogP contribution is 2.21. The molecule has 4 rings (SSSR count). The summed E-state index contributed by atoms with van der Waals surface area (Å²) in [6, 6.07) is 18.5. The van der Waals surface area contributed by atoms with Crippen LogP contribution < -0.4 is 5.32 Å². The number of nitrogens with one attached hydrogen (secondary N) is 2. The van der Waals surface area contributed by atoms with Gasteiger partial charge in [0.2, 0.25) is 0 Å². The number of hydrogen-bond donors (Lipinski definition) is 2. The highest BCUT2D eigenvalue weighted by atomic mass is 15.3. The van der Waals surface area contributed by atoms with E-state index in [1.165, 1.54) is 5.56 Å². The van der Waals surface area contributed by atoms with Gasteiger partial charge in [0.05, 0.1) is 12.6 Å². The summed E-state index contributed by atoms with van der Waals surface area (Å²) in [5, 5.41) is 8.95. The van der Waals surface area contributed by atoms with Crippen LogP contribution in [0.1, 0.15) is 11.6 Å². The Morgan fingerprint density at radius 2 is 1.96 bits per heavy atom. The first kappa shape index (κ1) is 13.6. The molecule has 1 aromatic carbocycles. The summed E-state index contributed by atoms with van der Waals surface area (Å²) in [6.07, 6.45) is 5.67. The third-order valence-electron chi connectivity index (χ3n) is 3.86. The van der Waals surface area contributed by atoms with Gasteiger partial charge in [0.15, 0.2) is 0 Å². The molecule has 0 bridgehead atoms. The SMILES string of the molecule is c1ccc([C@H](Cn2cccn2)Nc2ccc3cc[nH]c3n2)cc1. The summed E-state index contributed by atoms with van der Waals surface area (Å²) in [5.41, 5.74) is 2.09. The first-order chi connectivity index (χ1) is 11.4. The highest BCUT2D eigenvalue weighted by Gasteiger charge is 2.13. The molecular weight excluding hydrogens is 286 g/mol. The molecule has 0 radical (unpaired) electrons. The molecule has 2 N–H and O–H groups in total. The second-order valence-corrected chi connectivity index (χ2v) is 5.45. The molecular formula is C18H17N5. The monoisotopic (exact) mass is 303 g/mol. The molecule has 0 unspecified atom stereocenters. The van der Waals surface area contributed by atoms with Gasteiger partial charge in [0.25, 0.3) is 0 Å². The Hall–Kier alpha value is -3.08. The van der Waals surface area contributed by atoms with E-state index in [4.69, 9.17) is 0 Å². The van der Waals surface area contributed by atoms with E-state index in [0.717, 1.165) is 23.4 Å². The van der Waals surface area contributed by atoms with Gasteiger partial charge >= 0.3 is 0 Å². The van der Waals surface area contributed by atoms with Crippen molar-refractivity contribution in [2.45, 2.75) is 12.6 Å². The van der Waals surface area contributed by atoms with Crippen LogP contribution in [0.3, 0.4) is 0 Å². The second-order valence-electron chi connectivity index (χ2n) is 5.45. The van der Waals surface area contributed by atoms with Gasteiger partial charge in [-0.2, -0.15) is 5.10 Å². The van der Waals surface area contributed by atoms with E-state index in [1.54, 1.807) is 6.20 Å². The summed E-state index contributed by atoms with van der Waals surface area (Å²) in [7, 11) is 0. The Morgan fingerprint density at radius 3 is 2.78 bits per heavy atom. The minimum absolute atomic E-state index is 0.0935. The smallest absolute Gasteiger partial charge is 0.139 e. The van der Waals surface area contributed by atoms with Gasteiger partial charge in [-0.1, -0.05) is 30.3 Å².